The highest BCUT2D eigenvalue weighted by Crippen LogP contribution is 2.31. The quantitative estimate of drug-likeness (QED) is 0.796. The molecule has 0 radical (unpaired) electrons. The standard InChI is InChI=1S/C20H19ClF2N2O2/c21-14-11-13(5-6-15(14)22)19-12-24(9-10-27-19)18-7-8-25(20(18)26)17-4-2-1-3-16(17)23/h1-6,11,18-19H,7-10,12H2. The number of benzene rings is 2. The Morgan fingerprint density at radius 1 is 1.07 bits per heavy atom. The van der Waals surface area contributed by atoms with Gasteiger partial charge in [0.15, 0.2) is 0 Å². The Hall–Kier alpha value is -2.02. The van der Waals surface area contributed by atoms with E-state index in [1.807, 2.05) is 0 Å². The van der Waals surface area contributed by atoms with E-state index in [2.05, 4.69) is 4.90 Å². The molecule has 2 aliphatic rings. The molecule has 2 heterocycles. The van der Waals surface area contributed by atoms with Crippen molar-refractivity contribution in [2.75, 3.05) is 31.1 Å². The van der Waals surface area contributed by atoms with Crippen molar-refractivity contribution in [3.8, 4) is 0 Å². The van der Waals surface area contributed by atoms with Crippen LogP contribution in [0.4, 0.5) is 14.5 Å². The summed E-state index contributed by atoms with van der Waals surface area (Å²) in [6, 6.07) is 10.5. The van der Waals surface area contributed by atoms with E-state index in [0.717, 1.165) is 5.56 Å². The molecule has 0 aromatic heterocycles. The molecule has 7 heteroatoms. The van der Waals surface area contributed by atoms with Gasteiger partial charge >= 0.3 is 0 Å². The van der Waals surface area contributed by atoms with Crippen LogP contribution in [0, 0.1) is 11.6 Å². The van der Waals surface area contributed by atoms with Crippen molar-refractivity contribution in [2.45, 2.75) is 18.6 Å². The Labute approximate surface area is 161 Å². The van der Waals surface area contributed by atoms with Crippen LogP contribution in [0.3, 0.4) is 0 Å². The number of anilines is 1. The fraction of sp³-hybridized carbons (Fsp3) is 0.350. The minimum Gasteiger partial charge on any atom is -0.371 e. The second-order valence-electron chi connectivity index (χ2n) is 6.77. The third-order valence-corrected chi connectivity index (χ3v) is 5.46. The first-order chi connectivity index (χ1) is 13.0. The van der Waals surface area contributed by atoms with Crippen molar-refractivity contribution in [1.29, 1.82) is 0 Å². The zero-order valence-corrected chi connectivity index (χ0v) is 15.3. The van der Waals surface area contributed by atoms with Gasteiger partial charge in [0.25, 0.3) is 0 Å². The first-order valence-corrected chi connectivity index (χ1v) is 9.29. The highest BCUT2D eigenvalue weighted by atomic mass is 35.5. The van der Waals surface area contributed by atoms with Gasteiger partial charge in [0.2, 0.25) is 5.91 Å². The Morgan fingerprint density at radius 2 is 1.89 bits per heavy atom. The second kappa shape index (κ2) is 7.54. The SMILES string of the molecule is O=C1C(N2CCOC(c3ccc(F)c(Cl)c3)C2)CCN1c1ccccc1F. The van der Waals surface area contributed by atoms with E-state index < -0.39 is 11.6 Å². The number of nitrogens with zero attached hydrogens (tertiary/aromatic N) is 2. The summed E-state index contributed by atoms with van der Waals surface area (Å²) in [7, 11) is 0. The maximum Gasteiger partial charge on any atom is 0.244 e. The largest absolute Gasteiger partial charge is 0.371 e. The monoisotopic (exact) mass is 392 g/mol. The summed E-state index contributed by atoms with van der Waals surface area (Å²) in [6.45, 7) is 2.06. The topological polar surface area (TPSA) is 32.8 Å². The number of morpholine rings is 1. The number of para-hydroxylation sites is 1. The van der Waals surface area contributed by atoms with E-state index in [0.29, 0.717) is 38.3 Å². The zero-order valence-electron chi connectivity index (χ0n) is 14.6. The number of halogens is 3. The summed E-state index contributed by atoms with van der Waals surface area (Å²) < 4.78 is 33.3. The normalized spacial score (nSPS) is 23.8. The van der Waals surface area contributed by atoms with Crippen LogP contribution in [0.5, 0.6) is 0 Å². The first-order valence-electron chi connectivity index (χ1n) is 8.91. The van der Waals surface area contributed by atoms with E-state index >= 15 is 0 Å². The molecule has 0 bridgehead atoms. The highest BCUT2D eigenvalue weighted by molar-refractivity contribution is 6.30. The van der Waals surface area contributed by atoms with Crippen LogP contribution in [0.15, 0.2) is 42.5 Å². The number of rotatable bonds is 3. The molecular weight excluding hydrogens is 374 g/mol. The van der Waals surface area contributed by atoms with Gasteiger partial charge in [-0.2, -0.15) is 0 Å². The molecule has 2 aliphatic heterocycles. The van der Waals surface area contributed by atoms with Crippen molar-refractivity contribution in [3.63, 3.8) is 0 Å². The van der Waals surface area contributed by atoms with Crippen LogP contribution < -0.4 is 4.90 Å². The van der Waals surface area contributed by atoms with Crippen molar-refractivity contribution in [1.82, 2.24) is 4.90 Å². The fourth-order valence-electron chi connectivity index (χ4n) is 3.78. The van der Waals surface area contributed by atoms with E-state index in [1.54, 1.807) is 30.3 Å². The number of hydrogen-bond donors (Lipinski definition) is 0. The third-order valence-electron chi connectivity index (χ3n) is 5.17. The molecule has 2 aromatic rings. The number of carbonyl (C=O) groups excluding carboxylic acids is 1. The minimum atomic E-state index is -0.473. The summed E-state index contributed by atoms with van der Waals surface area (Å²) >= 11 is 5.88. The third kappa shape index (κ3) is 3.57. The summed E-state index contributed by atoms with van der Waals surface area (Å²) in [4.78, 5) is 16.5. The minimum absolute atomic E-state index is 0.0518. The number of carbonyl (C=O) groups is 1. The molecule has 2 saturated heterocycles. The van der Waals surface area contributed by atoms with E-state index in [-0.39, 0.29) is 23.1 Å². The summed E-state index contributed by atoms with van der Waals surface area (Å²) in [5.41, 5.74) is 1.10. The van der Waals surface area contributed by atoms with Crippen LogP contribution in [0.2, 0.25) is 5.02 Å². The molecular formula is C20H19ClF2N2O2. The molecule has 2 aromatic carbocycles. The molecule has 0 aliphatic carbocycles. The van der Waals surface area contributed by atoms with Gasteiger partial charge < -0.3 is 9.64 Å². The van der Waals surface area contributed by atoms with Crippen LogP contribution in [0.1, 0.15) is 18.1 Å². The van der Waals surface area contributed by atoms with Gasteiger partial charge in [-0.05, 0) is 36.2 Å². The van der Waals surface area contributed by atoms with Gasteiger partial charge in [0.1, 0.15) is 11.6 Å². The van der Waals surface area contributed by atoms with Gasteiger partial charge in [-0.3, -0.25) is 9.69 Å². The van der Waals surface area contributed by atoms with Gasteiger partial charge in [0, 0.05) is 19.6 Å². The average Bonchev–Trinajstić information content (AvgIpc) is 3.06. The lowest BCUT2D eigenvalue weighted by atomic mass is 10.1. The molecule has 4 rings (SSSR count). The van der Waals surface area contributed by atoms with Crippen LogP contribution in [-0.4, -0.2) is 43.1 Å². The molecule has 2 unspecified atom stereocenters. The average molecular weight is 393 g/mol. The van der Waals surface area contributed by atoms with E-state index in [4.69, 9.17) is 16.3 Å². The predicted octanol–water partition coefficient (Wildman–Crippen LogP) is 3.80. The summed E-state index contributed by atoms with van der Waals surface area (Å²) in [6.07, 6.45) is 0.344. The Morgan fingerprint density at radius 3 is 2.67 bits per heavy atom. The fourth-order valence-corrected chi connectivity index (χ4v) is 3.97. The van der Waals surface area contributed by atoms with Crippen LogP contribution in [0.25, 0.3) is 0 Å². The number of ether oxygens (including phenoxy) is 1. The van der Waals surface area contributed by atoms with Gasteiger partial charge in [-0.25, -0.2) is 8.78 Å². The van der Waals surface area contributed by atoms with Crippen molar-refractivity contribution in [3.05, 3.63) is 64.7 Å². The summed E-state index contributed by atoms with van der Waals surface area (Å²) in [5, 5.41) is 0.0518. The van der Waals surface area contributed by atoms with Gasteiger partial charge in [-0.1, -0.05) is 29.8 Å². The zero-order chi connectivity index (χ0) is 19.0. The number of hydrogen-bond acceptors (Lipinski definition) is 3. The molecule has 1 amide bonds. The lowest BCUT2D eigenvalue weighted by Crippen LogP contribution is -2.48. The van der Waals surface area contributed by atoms with Crippen LogP contribution in [-0.2, 0) is 9.53 Å². The Bertz CT molecular complexity index is 864. The molecule has 0 N–H and O–H groups in total. The van der Waals surface area contributed by atoms with Crippen LogP contribution >= 0.6 is 11.6 Å². The molecule has 142 valence electrons. The molecule has 4 nitrogen and oxygen atoms in total. The lowest BCUT2D eigenvalue weighted by Gasteiger charge is -2.36. The van der Waals surface area contributed by atoms with E-state index in [1.165, 1.54) is 17.0 Å². The second-order valence-corrected chi connectivity index (χ2v) is 7.18. The highest BCUT2D eigenvalue weighted by Gasteiger charge is 2.39. The summed E-state index contributed by atoms with van der Waals surface area (Å²) in [5.74, 6) is -0.968. The number of amides is 1. The Kier molecular flexibility index (Phi) is 5.12. The molecule has 2 fully saturated rings. The van der Waals surface area contributed by atoms with Crippen molar-refractivity contribution < 1.29 is 18.3 Å². The molecule has 2 atom stereocenters. The maximum absolute atomic E-state index is 14.1. The molecule has 0 spiro atoms. The van der Waals surface area contributed by atoms with E-state index in [9.17, 15) is 13.6 Å². The molecule has 27 heavy (non-hydrogen) atoms. The van der Waals surface area contributed by atoms with Gasteiger partial charge in [0.05, 0.1) is 29.5 Å². The van der Waals surface area contributed by atoms with Crippen molar-refractivity contribution in [2.24, 2.45) is 0 Å². The van der Waals surface area contributed by atoms with Crippen molar-refractivity contribution >= 4 is 23.2 Å². The lowest BCUT2D eigenvalue weighted by molar-refractivity contribution is -0.125. The predicted molar refractivity (Wildman–Crippen MR) is 98.8 cm³/mol. The smallest absolute Gasteiger partial charge is 0.244 e. The van der Waals surface area contributed by atoms with Gasteiger partial charge in [-0.15, -0.1) is 0 Å². The maximum atomic E-state index is 14.1. The Balaban J connectivity index is 1.49. The first kappa shape index (κ1) is 18.3. The molecule has 0 saturated carbocycles.